The van der Waals surface area contributed by atoms with Crippen LogP contribution in [-0.4, -0.2) is 29.5 Å². The first-order valence-corrected chi connectivity index (χ1v) is 4.30. The summed E-state index contributed by atoms with van der Waals surface area (Å²) < 4.78 is 11.6. The van der Waals surface area contributed by atoms with Crippen LogP contribution in [0.4, 0.5) is 4.39 Å². The first kappa shape index (κ1) is 8.52. The van der Waals surface area contributed by atoms with Gasteiger partial charge in [-0.05, 0) is 0 Å². The number of halogens is 1. The first-order valence-electron chi connectivity index (χ1n) is 3.25. The third-order valence-corrected chi connectivity index (χ3v) is 2.50. The Morgan fingerprint density at radius 1 is 1.64 bits per heavy atom. The predicted molar refractivity (Wildman–Crippen MR) is 40.0 cm³/mol. The van der Waals surface area contributed by atoms with Crippen LogP contribution in [0.3, 0.4) is 0 Å². The van der Waals surface area contributed by atoms with E-state index in [0.29, 0.717) is 0 Å². The average molecular weight is 176 g/mol. The van der Waals surface area contributed by atoms with Crippen LogP contribution in [0.15, 0.2) is 0 Å². The monoisotopic (exact) mass is 176 g/mol. The second kappa shape index (κ2) is 3.71. The smallest absolute Gasteiger partial charge is 0.240 e. The van der Waals surface area contributed by atoms with Crippen LogP contribution in [0.2, 0.25) is 0 Å². The van der Waals surface area contributed by atoms with E-state index in [1.165, 1.54) is 11.8 Å². The van der Waals surface area contributed by atoms with E-state index >= 15 is 0 Å². The van der Waals surface area contributed by atoms with Crippen molar-refractivity contribution in [1.29, 1.82) is 0 Å². The number of amides is 2. The summed E-state index contributed by atoms with van der Waals surface area (Å²) in [5, 5.41) is 1.79. The zero-order valence-corrected chi connectivity index (χ0v) is 6.62. The summed E-state index contributed by atoms with van der Waals surface area (Å²) in [7, 11) is 0. The molecule has 2 amide bonds. The molecule has 0 bridgehead atoms. The molecule has 62 valence electrons. The van der Waals surface area contributed by atoms with Crippen molar-refractivity contribution in [3.63, 3.8) is 0 Å². The maximum atomic E-state index is 11.6. The van der Waals surface area contributed by atoms with Crippen molar-refractivity contribution in [2.75, 3.05) is 12.4 Å². The maximum Gasteiger partial charge on any atom is 0.240 e. The van der Waals surface area contributed by atoms with Crippen molar-refractivity contribution in [3.05, 3.63) is 0 Å². The molecule has 0 saturated carbocycles. The van der Waals surface area contributed by atoms with Crippen LogP contribution < -0.4 is 5.32 Å². The molecule has 0 aliphatic carbocycles. The lowest BCUT2D eigenvalue weighted by atomic mass is 10.4. The molecule has 1 unspecified atom stereocenters. The van der Waals surface area contributed by atoms with Crippen LogP contribution in [0.5, 0.6) is 0 Å². The van der Waals surface area contributed by atoms with Crippen molar-refractivity contribution < 1.29 is 14.0 Å². The molecule has 0 aromatic carbocycles. The van der Waals surface area contributed by atoms with Gasteiger partial charge in [0.1, 0.15) is 0 Å². The maximum absolute atomic E-state index is 11.6. The van der Waals surface area contributed by atoms with Gasteiger partial charge in [-0.15, -0.1) is 11.8 Å². The van der Waals surface area contributed by atoms with Gasteiger partial charge in [0.15, 0.2) is 0 Å². The number of thioether (sulfide) groups is 1. The van der Waals surface area contributed by atoms with Crippen molar-refractivity contribution in [2.24, 2.45) is 0 Å². The van der Waals surface area contributed by atoms with E-state index in [0.717, 1.165) is 0 Å². The fraction of sp³-hybridized carbons (Fsp3) is 0.667. The second-order valence-corrected chi connectivity index (χ2v) is 3.48. The predicted octanol–water partition coefficient (Wildman–Crippen LogP) is 0.104. The van der Waals surface area contributed by atoms with Crippen molar-refractivity contribution in [1.82, 2.24) is 5.32 Å². The Kier molecular flexibility index (Phi) is 2.87. The van der Waals surface area contributed by atoms with Crippen LogP contribution in [0.25, 0.3) is 0 Å². The summed E-state index contributed by atoms with van der Waals surface area (Å²) in [5.41, 5.74) is 0. The lowest BCUT2D eigenvalue weighted by Crippen LogP contribution is -2.23. The summed E-state index contributed by atoms with van der Waals surface area (Å²) in [6.07, 6.45) is 0.198. The summed E-state index contributed by atoms with van der Waals surface area (Å²) >= 11 is 1.19. The molecule has 1 N–H and O–H groups in total. The summed E-state index contributed by atoms with van der Waals surface area (Å²) in [6.45, 7) is -0.456. The van der Waals surface area contributed by atoms with Gasteiger partial charge in [0.25, 0.3) is 0 Å². The Labute approximate surface area is 67.7 Å². The molecule has 1 fully saturated rings. The summed E-state index contributed by atoms with van der Waals surface area (Å²) in [6, 6.07) is 0. The SMILES string of the molecule is O=C1CC(SCC[18F])C(=O)N1. The van der Waals surface area contributed by atoms with E-state index < -0.39 is 6.67 Å². The third kappa shape index (κ3) is 2.18. The molecular formula is C6H8FNO2S. The van der Waals surface area contributed by atoms with Gasteiger partial charge < -0.3 is 0 Å². The fourth-order valence-corrected chi connectivity index (χ4v) is 1.70. The lowest BCUT2D eigenvalue weighted by molar-refractivity contribution is -0.124. The molecular weight excluding hydrogens is 168 g/mol. The van der Waals surface area contributed by atoms with Gasteiger partial charge in [-0.25, -0.2) is 0 Å². The van der Waals surface area contributed by atoms with Crippen molar-refractivity contribution in [2.45, 2.75) is 11.7 Å². The normalized spacial score (nSPS) is 23.9. The number of hydrogen-bond acceptors (Lipinski definition) is 3. The van der Waals surface area contributed by atoms with Crippen LogP contribution in [-0.2, 0) is 9.59 Å². The number of carbonyl (C=O) groups is 2. The van der Waals surface area contributed by atoms with E-state index in [1.807, 2.05) is 0 Å². The fourth-order valence-electron chi connectivity index (χ4n) is 0.851. The van der Waals surface area contributed by atoms with E-state index in [9.17, 15) is 14.0 Å². The second-order valence-electron chi connectivity index (χ2n) is 2.16. The highest BCUT2D eigenvalue weighted by Crippen LogP contribution is 2.18. The average Bonchev–Trinajstić information content (AvgIpc) is 2.26. The molecule has 11 heavy (non-hydrogen) atoms. The van der Waals surface area contributed by atoms with Crippen LogP contribution in [0, 0.1) is 0 Å². The molecule has 1 saturated heterocycles. The zero-order valence-electron chi connectivity index (χ0n) is 5.80. The van der Waals surface area contributed by atoms with Gasteiger partial charge in [-0.2, -0.15) is 0 Å². The van der Waals surface area contributed by atoms with E-state index in [4.69, 9.17) is 0 Å². The molecule has 1 aliphatic rings. The van der Waals surface area contributed by atoms with Gasteiger partial charge >= 0.3 is 0 Å². The van der Waals surface area contributed by atoms with E-state index in [2.05, 4.69) is 5.32 Å². The topological polar surface area (TPSA) is 46.2 Å². The molecule has 3 nitrogen and oxygen atoms in total. The lowest BCUT2D eigenvalue weighted by Gasteiger charge is -2.01. The molecule has 5 heteroatoms. The third-order valence-electron chi connectivity index (χ3n) is 1.32. The quantitative estimate of drug-likeness (QED) is 0.620. The largest absolute Gasteiger partial charge is 0.295 e. The molecule has 0 spiro atoms. The molecule has 1 rings (SSSR count). The minimum atomic E-state index is -0.456. The molecule has 0 aromatic rings. The van der Waals surface area contributed by atoms with Gasteiger partial charge in [0.05, 0.1) is 11.9 Å². The van der Waals surface area contributed by atoms with E-state index in [-0.39, 0.29) is 29.2 Å². The number of imide groups is 1. The van der Waals surface area contributed by atoms with Gasteiger partial charge in [0.2, 0.25) is 11.8 Å². The number of nitrogens with one attached hydrogen (secondary N) is 1. The minimum absolute atomic E-state index is 0.198. The molecule has 1 aliphatic heterocycles. The van der Waals surface area contributed by atoms with Crippen LogP contribution in [0.1, 0.15) is 6.42 Å². The summed E-state index contributed by atoms with van der Waals surface area (Å²) in [4.78, 5) is 21.4. The molecule has 1 heterocycles. The zero-order chi connectivity index (χ0) is 8.27. The van der Waals surface area contributed by atoms with Gasteiger partial charge in [-0.3, -0.25) is 19.3 Å². The number of rotatable bonds is 3. The first-order chi connectivity index (χ1) is 5.24. The highest BCUT2D eigenvalue weighted by molar-refractivity contribution is 8.00. The Balaban J connectivity index is 2.34. The Hall–Kier alpha value is -0.580. The standard InChI is InChI=1S/C6H8FNO2S/c7-1-2-11-4-3-5(9)8-6(4)10/h4H,1-3H2,(H,8,9,10)/i7-1. The number of hydrogen-bond donors (Lipinski definition) is 1. The van der Waals surface area contributed by atoms with Crippen molar-refractivity contribution in [3.8, 4) is 0 Å². The Bertz CT molecular complexity index is 185. The highest BCUT2D eigenvalue weighted by Gasteiger charge is 2.30. The number of carbonyl (C=O) groups excluding carboxylic acids is 2. The Morgan fingerprint density at radius 2 is 2.36 bits per heavy atom. The Morgan fingerprint density at radius 3 is 2.82 bits per heavy atom. The molecule has 1 atom stereocenters. The number of alkyl halides is 1. The molecule has 0 aromatic heterocycles. The van der Waals surface area contributed by atoms with Gasteiger partial charge in [-0.1, -0.05) is 0 Å². The summed E-state index contributed by atoms with van der Waals surface area (Å²) in [5.74, 6) is -0.259. The molecule has 0 radical (unpaired) electrons. The van der Waals surface area contributed by atoms with Gasteiger partial charge in [0, 0.05) is 12.2 Å². The highest BCUT2D eigenvalue weighted by atomic mass is 32.2. The minimum Gasteiger partial charge on any atom is -0.295 e. The van der Waals surface area contributed by atoms with Crippen LogP contribution >= 0.6 is 11.8 Å². The van der Waals surface area contributed by atoms with E-state index in [1.54, 1.807) is 0 Å². The van der Waals surface area contributed by atoms with Crippen molar-refractivity contribution >= 4 is 23.6 Å².